The maximum Gasteiger partial charge on any atom is 0.258 e. The second kappa shape index (κ2) is 7.21. The molecule has 2 aromatic carbocycles. The lowest BCUT2D eigenvalue weighted by Gasteiger charge is -2.08. The van der Waals surface area contributed by atoms with Crippen LogP contribution in [0.5, 0.6) is 5.75 Å². The quantitative estimate of drug-likeness (QED) is 0.415. The number of hydrogen-bond acceptors (Lipinski definition) is 5. The van der Waals surface area contributed by atoms with Crippen LogP contribution in [0.3, 0.4) is 0 Å². The molecule has 0 saturated carbocycles. The van der Waals surface area contributed by atoms with Crippen molar-refractivity contribution >= 4 is 27.3 Å². The maximum atomic E-state index is 5.82. The second-order valence-corrected chi connectivity index (χ2v) is 7.12. The Kier molecular flexibility index (Phi) is 4.63. The van der Waals surface area contributed by atoms with Crippen molar-refractivity contribution in [2.24, 2.45) is 0 Å². The molecule has 0 N–H and O–H groups in total. The molecule has 6 heteroatoms. The first kappa shape index (κ1) is 16.1. The van der Waals surface area contributed by atoms with E-state index >= 15 is 0 Å². The van der Waals surface area contributed by atoms with Crippen molar-refractivity contribution in [1.82, 2.24) is 10.1 Å². The van der Waals surface area contributed by atoms with Gasteiger partial charge in [0.05, 0.1) is 9.35 Å². The molecule has 0 radical (unpaired) electrons. The number of ether oxygens (including phenoxy) is 1. The van der Waals surface area contributed by atoms with Gasteiger partial charge in [0.25, 0.3) is 5.89 Å². The average Bonchev–Trinajstić information content (AvgIpc) is 3.33. The number of hydrogen-bond donors (Lipinski definition) is 0. The van der Waals surface area contributed by atoms with E-state index in [9.17, 15) is 0 Å². The van der Waals surface area contributed by atoms with Crippen molar-refractivity contribution in [1.29, 1.82) is 0 Å². The van der Waals surface area contributed by atoms with Crippen molar-refractivity contribution in [3.8, 4) is 27.9 Å². The Morgan fingerprint density at radius 3 is 2.60 bits per heavy atom. The first-order chi connectivity index (χ1) is 12.3. The molecule has 0 aliphatic heterocycles. The molecular formula is C19H13BrN2O2S. The SMILES string of the molecule is Brc1ccccc1OCc1ccc(-c2nc(-c3cccs3)no2)cc1. The molecule has 25 heavy (non-hydrogen) atoms. The summed E-state index contributed by atoms with van der Waals surface area (Å²) in [7, 11) is 0. The van der Waals surface area contributed by atoms with Gasteiger partial charge in [-0.3, -0.25) is 0 Å². The highest BCUT2D eigenvalue weighted by atomic mass is 79.9. The second-order valence-electron chi connectivity index (χ2n) is 5.32. The molecule has 2 heterocycles. The third kappa shape index (κ3) is 3.65. The molecule has 124 valence electrons. The normalized spacial score (nSPS) is 10.8. The average molecular weight is 413 g/mol. The fourth-order valence-corrected chi connectivity index (χ4v) is 3.36. The zero-order chi connectivity index (χ0) is 17.1. The number of aromatic nitrogens is 2. The van der Waals surface area contributed by atoms with Gasteiger partial charge in [-0.2, -0.15) is 4.98 Å². The number of para-hydroxylation sites is 1. The number of rotatable bonds is 5. The van der Waals surface area contributed by atoms with Gasteiger partial charge in [-0.25, -0.2) is 0 Å². The molecule has 0 spiro atoms. The molecule has 0 bridgehead atoms. The molecule has 0 fully saturated rings. The van der Waals surface area contributed by atoms with Gasteiger partial charge in [-0.1, -0.05) is 35.5 Å². The van der Waals surface area contributed by atoms with Crippen molar-refractivity contribution < 1.29 is 9.26 Å². The van der Waals surface area contributed by atoms with E-state index in [2.05, 4.69) is 26.1 Å². The van der Waals surface area contributed by atoms with E-state index in [0.29, 0.717) is 18.3 Å². The van der Waals surface area contributed by atoms with Crippen LogP contribution in [0.25, 0.3) is 22.2 Å². The summed E-state index contributed by atoms with van der Waals surface area (Å²) in [5, 5.41) is 6.03. The molecule has 4 aromatic rings. The van der Waals surface area contributed by atoms with Gasteiger partial charge in [-0.05, 0) is 57.2 Å². The van der Waals surface area contributed by atoms with Crippen LogP contribution in [0, 0.1) is 0 Å². The fraction of sp³-hybridized carbons (Fsp3) is 0.0526. The minimum Gasteiger partial charge on any atom is -0.488 e. The number of halogens is 1. The molecule has 0 aliphatic rings. The van der Waals surface area contributed by atoms with E-state index in [4.69, 9.17) is 9.26 Å². The summed E-state index contributed by atoms with van der Waals surface area (Å²) in [5.41, 5.74) is 1.96. The maximum absolute atomic E-state index is 5.82. The minimum atomic E-state index is 0.493. The smallest absolute Gasteiger partial charge is 0.258 e. The summed E-state index contributed by atoms with van der Waals surface area (Å²) < 4.78 is 12.1. The number of nitrogens with zero attached hydrogens (tertiary/aromatic N) is 2. The summed E-state index contributed by atoms with van der Waals surface area (Å²) in [6.07, 6.45) is 0. The van der Waals surface area contributed by atoms with Crippen LogP contribution >= 0.6 is 27.3 Å². The van der Waals surface area contributed by atoms with Gasteiger partial charge in [0, 0.05) is 5.56 Å². The summed E-state index contributed by atoms with van der Waals surface area (Å²) in [5.74, 6) is 1.96. The molecule has 4 nitrogen and oxygen atoms in total. The Morgan fingerprint density at radius 2 is 1.84 bits per heavy atom. The van der Waals surface area contributed by atoms with Crippen molar-refractivity contribution in [2.75, 3.05) is 0 Å². The Labute approximate surface area is 157 Å². The Bertz CT molecular complexity index is 965. The molecule has 4 rings (SSSR count). The lowest BCUT2D eigenvalue weighted by atomic mass is 10.1. The van der Waals surface area contributed by atoms with Crippen LogP contribution in [0.4, 0.5) is 0 Å². The van der Waals surface area contributed by atoms with E-state index in [-0.39, 0.29) is 0 Å². The third-order valence-electron chi connectivity index (χ3n) is 3.60. The molecule has 0 atom stereocenters. The topological polar surface area (TPSA) is 48.2 Å². The third-order valence-corrected chi connectivity index (χ3v) is 5.12. The lowest BCUT2D eigenvalue weighted by Crippen LogP contribution is -1.95. The van der Waals surface area contributed by atoms with Crippen molar-refractivity contribution in [3.05, 3.63) is 76.1 Å². The summed E-state index contributed by atoms with van der Waals surface area (Å²) in [4.78, 5) is 5.45. The lowest BCUT2D eigenvalue weighted by molar-refractivity contribution is 0.304. The van der Waals surface area contributed by atoms with E-state index in [1.165, 1.54) is 0 Å². The van der Waals surface area contributed by atoms with Gasteiger partial charge in [-0.15, -0.1) is 11.3 Å². The van der Waals surface area contributed by atoms with Crippen LogP contribution in [0.15, 0.2) is 75.0 Å². The predicted octanol–water partition coefficient (Wildman–Crippen LogP) is 5.81. The van der Waals surface area contributed by atoms with E-state index in [0.717, 1.165) is 26.2 Å². The molecule has 0 aliphatic carbocycles. The first-order valence-electron chi connectivity index (χ1n) is 7.64. The zero-order valence-corrected chi connectivity index (χ0v) is 15.5. The van der Waals surface area contributed by atoms with E-state index in [1.807, 2.05) is 66.0 Å². The highest BCUT2D eigenvalue weighted by Gasteiger charge is 2.11. The van der Waals surface area contributed by atoms with E-state index < -0.39 is 0 Å². The Morgan fingerprint density at radius 1 is 1.00 bits per heavy atom. The number of benzene rings is 2. The van der Waals surface area contributed by atoms with Gasteiger partial charge in [0.2, 0.25) is 5.82 Å². The highest BCUT2D eigenvalue weighted by Crippen LogP contribution is 2.27. The van der Waals surface area contributed by atoms with E-state index in [1.54, 1.807) is 11.3 Å². The van der Waals surface area contributed by atoms with Gasteiger partial charge < -0.3 is 9.26 Å². The van der Waals surface area contributed by atoms with Crippen LogP contribution in [0.1, 0.15) is 5.56 Å². The summed E-state index contributed by atoms with van der Waals surface area (Å²) in [6, 6.07) is 19.7. The predicted molar refractivity (Wildman–Crippen MR) is 102 cm³/mol. The van der Waals surface area contributed by atoms with Gasteiger partial charge >= 0.3 is 0 Å². The molecule has 2 aromatic heterocycles. The highest BCUT2D eigenvalue weighted by molar-refractivity contribution is 9.10. The van der Waals surface area contributed by atoms with Crippen molar-refractivity contribution in [2.45, 2.75) is 6.61 Å². The van der Waals surface area contributed by atoms with Crippen LogP contribution < -0.4 is 4.74 Å². The van der Waals surface area contributed by atoms with Gasteiger partial charge in [0.1, 0.15) is 12.4 Å². The monoisotopic (exact) mass is 412 g/mol. The first-order valence-corrected chi connectivity index (χ1v) is 9.31. The molecule has 0 saturated heterocycles. The standard InChI is InChI=1S/C19H13BrN2O2S/c20-15-4-1-2-5-16(15)23-12-13-7-9-14(10-8-13)19-21-18(22-24-19)17-6-3-11-25-17/h1-11H,12H2. The molecule has 0 unspecified atom stereocenters. The fourth-order valence-electron chi connectivity index (χ4n) is 2.31. The zero-order valence-electron chi connectivity index (χ0n) is 13.1. The van der Waals surface area contributed by atoms with Crippen LogP contribution in [0.2, 0.25) is 0 Å². The molecular weight excluding hydrogens is 400 g/mol. The van der Waals surface area contributed by atoms with Crippen LogP contribution in [-0.2, 0) is 6.61 Å². The summed E-state index contributed by atoms with van der Waals surface area (Å²) in [6.45, 7) is 0.493. The number of thiophene rings is 1. The summed E-state index contributed by atoms with van der Waals surface area (Å²) >= 11 is 5.07. The largest absolute Gasteiger partial charge is 0.488 e. The van der Waals surface area contributed by atoms with Gasteiger partial charge in [0.15, 0.2) is 0 Å². The molecule has 0 amide bonds. The Balaban J connectivity index is 1.46. The van der Waals surface area contributed by atoms with Crippen LogP contribution in [-0.4, -0.2) is 10.1 Å². The Hall–Kier alpha value is -2.44. The minimum absolute atomic E-state index is 0.493. The van der Waals surface area contributed by atoms with Crippen molar-refractivity contribution in [3.63, 3.8) is 0 Å².